The van der Waals surface area contributed by atoms with E-state index in [4.69, 9.17) is 0 Å². The fourth-order valence-electron chi connectivity index (χ4n) is 2.11. The van der Waals surface area contributed by atoms with Gasteiger partial charge in [0.1, 0.15) is 5.82 Å². The third kappa shape index (κ3) is 4.70. The van der Waals surface area contributed by atoms with Gasteiger partial charge in [-0.1, -0.05) is 0 Å². The zero-order valence-corrected chi connectivity index (χ0v) is 13.3. The van der Waals surface area contributed by atoms with Crippen LogP contribution >= 0.6 is 0 Å². The molecule has 0 unspecified atom stereocenters. The molecule has 0 atom stereocenters. The van der Waals surface area contributed by atoms with Crippen molar-refractivity contribution in [3.63, 3.8) is 0 Å². The normalized spacial score (nSPS) is 13.0. The van der Waals surface area contributed by atoms with Crippen LogP contribution in [0, 0.1) is 0 Å². The fourth-order valence-corrected chi connectivity index (χ4v) is 2.11. The van der Waals surface area contributed by atoms with Crippen molar-refractivity contribution in [3.8, 4) is 0 Å². The van der Waals surface area contributed by atoms with Gasteiger partial charge in [-0.05, 0) is 49.2 Å². The quantitative estimate of drug-likeness (QED) is 0.679. The Balaban J connectivity index is 1.55. The van der Waals surface area contributed by atoms with Crippen LogP contribution in [0.3, 0.4) is 0 Å². The van der Waals surface area contributed by atoms with E-state index in [2.05, 4.69) is 26.3 Å². The largest absolute Gasteiger partial charge is 0.340 e. The van der Waals surface area contributed by atoms with Gasteiger partial charge in [0.25, 0.3) is 0 Å². The van der Waals surface area contributed by atoms with E-state index in [-0.39, 0.29) is 11.9 Å². The van der Waals surface area contributed by atoms with E-state index in [1.54, 1.807) is 18.3 Å². The monoisotopic (exact) mass is 325 g/mol. The van der Waals surface area contributed by atoms with Gasteiger partial charge in [-0.3, -0.25) is 4.79 Å². The molecule has 0 saturated heterocycles. The molecule has 0 radical (unpaired) electrons. The maximum atomic E-state index is 11.7. The highest BCUT2D eigenvalue weighted by Gasteiger charge is 2.23. The number of carbonyl (C=O) groups is 2. The number of pyridine rings is 1. The van der Waals surface area contributed by atoms with Crippen LogP contribution in [0.25, 0.3) is 0 Å². The number of nitrogens with zero attached hydrogens (tertiary/aromatic N) is 1. The number of carbonyl (C=O) groups excluding carboxylic acids is 2. The van der Waals surface area contributed by atoms with Crippen molar-refractivity contribution in [1.82, 2.24) is 10.3 Å². The molecule has 7 nitrogen and oxygen atoms in total. The van der Waals surface area contributed by atoms with Crippen LogP contribution < -0.4 is 21.3 Å². The minimum Gasteiger partial charge on any atom is -0.340 e. The Morgan fingerprint density at radius 2 is 1.62 bits per heavy atom. The van der Waals surface area contributed by atoms with Crippen LogP contribution in [0.4, 0.5) is 27.7 Å². The number of aromatic nitrogens is 1. The number of amides is 3. The molecule has 1 saturated carbocycles. The predicted octanol–water partition coefficient (Wildman–Crippen LogP) is 3.07. The zero-order valence-electron chi connectivity index (χ0n) is 13.3. The number of hydrogen-bond acceptors (Lipinski definition) is 4. The van der Waals surface area contributed by atoms with E-state index in [1.807, 2.05) is 24.3 Å². The van der Waals surface area contributed by atoms with Crippen molar-refractivity contribution >= 4 is 34.8 Å². The number of nitrogens with one attached hydrogen (secondary N) is 4. The summed E-state index contributed by atoms with van der Waals surface area (Å²) in [6, 6.07) is 11.0. The summed E-state index contributed by atoms with van der Waals surface area (Å²) in [5.74, 6) is 0.557. The Bertz CT molecular complexity index is 724. The van der Waals surface area contributed by atoms with Crippen molar-refractivity contribution in [2.75, 3.05) is 16.0 Å². The van der Waals surface area contributed by atoms with Crippen LogP contribution in [-0.2, 0) is 4.79 Å². The first-order valence-electron chi connectivity index (χ1n) is 7.77. The summed E-state index contributed by atoms with van der Waals surface area (Å²) in [7, 11) is 0. The topological polar surface area (TPSA) is 95.2 Å². The number of urea groups is 1. The highest BCUT2D eigenvalue weighted by molar-refractivity contribution is 5.90. The van der Waals surface area contributed by atoms with Crippen LogP contribution in [0.5, 0.6) is 0 Å². The van der Waals surface area contributed by atoms with Gasteiger partial charge in [-0.2, -0.15) is 0 Å². The third-order valence-electron chi connectivity index (χ3n) is 3.41. The zero-order chi connectivity index (χ0) is 16.9. The summed E-state index contributed by atoms with van der Waals surface area (Å²) in [6.07, 6.45) is 3.70. The van der Waals surface area contributed by atoms with Gasteiger partial charge < -0.3 is 21.3 Å². The molecule has 4 N–H and O–H groups in total. The lowest BCUT2D eigenvalue weighted by molar-refractivity contribution is -0.114. The molecule has 124 valence electrons. The predicted molar refractivity (Wildman–Crippen MR) is 93.4 cm³/mol. The Morgan fingerprint density at radius 3 is 2.21 bits per heavy atom. The molecule has 1 aromatic carbocycles. The highest BCUT2D eigenvalue weighted by Crippen LogP contribution is 2.20. The van der Waals surface area contributed by atoms with E-state index >= 15 is 0 Å². The molecular weight excluding hydrogens is 306 g/mol. The Labute approximate surface area is 139 Å². The lowest BCUT2D eigenvalue weighted by atomic mass is 10.2. The second-order valence-electron chi connectivity index (χ2n) is 5.69. The van der Waals surface area contributed by atoms with Crippen molar-refractivity contribution < 1.29 is 9.59 Å². The number of hydrogen-bond donors (Lipinski definition) is 4. The van der Waals surface area contributed by atoms with E-state index in [9.17, 15) is 9.59 Å². The highest BCUT2D eigenvalue weighted by atomic mass is 16.2. The van der Waals surface area contributed by atoms with Gasteiger partial charge in [0, 0.05) is 24.3 Å². The van der Waals surface area contributed by atoms with Gasteiger partial charge in [0.15, 0.2) is 0 Å². The maximum absolute atomic E-state index is 11.7. The molecular formula is C17H19N5O2. The summed E-state index contributed by atoms with van der Waals surface area (Å²) in [5, 5.41) is 11.5. The second kappa shape index (κ2) is 6.99. The molecule has 0 bridgehead atoms. The van der Waals surface area contributed by atoms with Gasteiger partial charge >= 0.3 is 6.03 Å². The van der Waals surface area contributed by atoms with Gasteiger partial charge in [-0.25, -0.2) is 9.78 Å². The van der Waals surface area contributed by atoms with Crippen molar-refractivity contribution in [2.24, 2.45) is 0 Å². The molecule has 7 heteroatoms. The minimum absolute atomic E-state index is 0.105. The molecule has 3 rings (SSSR count). The standard InChI is InChI=1S/C17H19N5O2/c1-11(23)19-12-2-4-13(5-3-12)20-16-9-8-15(10-18-16)22-17(24)21-14-6-7-14/h2-5,8-10,14H,6-7H2,1H3,(H,18,20)(H,19,23)(H2,21,22,24). The maximum Gasteiger partial charge on any atom is 0.319 e. The number of benzene rings is 1. The first-order chi connectivity index (χ1) is 11.6. The third-order valence-corrected chi connectivity index (χ3v) is 3.41. The second-order valence-corrected chi connectivity index (χ2v) is 5.69. The average Bonchev–Trinajstić information content (AvgIpc) is 3.34. The molecule has 1 aromatic heterocycles. The summed E-state index contributed by atoms with van der Waals surface area (Å²) < 4.78 is 0. The van der Waals surface area contributed by atoms with Crippen LogP contribution in [0.2, 0.25) is 0 Å². The molecule has 0 spiro atoms. The smallest absolute Gasteiger partial charge is 0.319 e. The van der Waals surface area contributed by atoms with Crippen LogP contribution in [0.15, 0.2) is 42.6 Å². The fraction of sp³-hybridized carbons (Fsp3) is 0.235. The Hall–Kier alpha value is -3.09. The van der Waals surface area contributed by atoms with Gasteiger partial charge in [-0.15, -0.1) is 0 Å². The molecule has 1 aliphatic carbocycles. The van der Waals surface area contributed by atoms with E-state index in [0.29, 0.717) is 17.5 Å². The molecule has 0 aliphatic heterocycles. The van der Waals surface area contributed by atoms with Crippen molar-refractivity contribution in [1.29, 1.82) is 0 Å². The van der Waals surface area contributed by atoms with Gasteiger partial charge in [0.05, 0.1) is 11.9 Å². The Morgan fingerprint density at radius 1 is 0.958 bits per heavy atom. The summed E-state index contributed by atoms with van der Waals surface area (Å²) in [5.41, 5.74) is 2.23. The van der Waals surface area contributed by atoms with E-state index in [0.717, 1.165) is 24.2 Å². The molecule has 2 aromatic rings. The average molecular weight is 325 g/mol. The van der Waals surface area contributed by atoms with Gasteiger partial charge in [0.2, 0.25) is 5.91 Å². The van der Waals surface area contributed by atoms with E-state index in [1.165, 1.54) is 6.92 Å². The molecule has 1 aliphatic rings. The first kappa shape index (κ1) is 15.8. The summed E-state index contributed by atoms with van der Waals surface area (Å²) >= 11 is 0. The first-order valence-corrected chi connectivity index (χ1v) is 7.77. The summed E-state index contributed by atoms with van der Waals surface area (Å²) in [4.78, 5) is 26.9. The Kier molecular flexibility index (Phi) is 4.60. The summed E-state index contributed by atoms with van der Waals surface area (Å²) in [6.45, 7) is 1.47. The molecule has 3 amide bonds. The molecule has 24 heavy (non-hydrogen) atoms. The number of rotatable bonds is 5. The molecule has 1 heterocycles. The van der Waals surface area contributed by atoms with Crippen molar-refractivity contribution in [2.45, 2.75) is 25.8 Å². The minimum atomic E-state index is -0.200. The number of anilines is 4. The van der Waals surface area contributed by atoms with Crippen molar-refractivity contribution in [3.05, 3.63) is 42.6 Å². The SMILES string of the molecule is CC(=O)Nc1ccc(Nc2ccc(NC(=O)NC3CC3)cn2)cc1. The lowest BCUT2D eigenvalue weighted by Crippen LogP contribution is -2.30. The lowest BCUT2D eigenvalue weighted by Gasteiger charge is -2.09. The molecule has 1 fully saturated rings. The van der Waals surface area contributed by atoms with Crippen LogP contribution in [-0.4, -0.2) is 23.0 Å². The van der Waals surface area contributed by atoms with E-state index < -0.39 is 0 Å². The van der Waals surface area contributed by atoms with Crippen LogP contribution in [0.1, 0.15) is 19.8 Å².